The maximum absolute atomic E-state index is 12.4. The molecule has 0 amide bonds. The fourth-order valence-electron chi connectivity index (χ4n) is 1.66. The van der Waals surface area contributed by atoms with E-state index < -0.39 is 15.6 Å². The first-order valence-corrected chi connectivity index (χ1v) is 8.09. The second-order valence-corrected chi connectivity index (χ2v) is 7.66. The largest absolute Gasteiger partial charge is 0.394 e. The monoisotopic (exact) mass is 316 g/mol. The molecule has 0 aromatic heterocycles. The zero-order valence-corrected chi connectivity index (χ0v) is 13.5. The lowest BCUT2D eigenvalue weighted by atomic mass is 10.1. The molecule has 3 N–H and O–H groups in total. The highest BCUT2D eigenvalue weighted by molar-refractivity contribution is 7.88. The van der Waals surface area contributed by atoms with E-state index in [4.69, 9.17) is 18.0 Å². The van der Waals surface area contributed by atoms with Crippen molar-refractivity contribution in [1.29, 1.82) is 0 Å². The van der Waals surface area contributed by atoms with E-state index in [1.54, 1.807) is 38.1 Å². The molecular formula is C13H20N2O3S2. The smallest absolute Gasteiger partial charge is 0.218 e. The molecule has 0 spiro atoms. The number of aliphatic hydroxyl groups is 1. The van der Waals surface area contributed by atoms with Gasteiger partial charge in [-0.2, -0.15) is 4.31 Å². The Balaban J connectivity index is 3.13. The number of sulfonamides is 1. The second kappa shape index (κ2) is 6.17. The van der Waals surface area contributed by atoms with Crippen molar-refractivity contribution in [1.82, 2.24) is 4.31 Å². The summed E-state index contributed by atoms with van der Waals surface area (Å²) in [5.74, 6) is -0.208. The number of rotatable bonds is 6. The van der Waals surface area contributed by atoms with Crippen molar-refractivity contribution in [2.45, 2.75) is 25.1 Å². The topological polar surface area (TPSA) is 83.6 Å². The van der Waals surface area contributed by atoms with Crippen molar-refractivity contribution in [3.63, 3.8) is 0 Å². The lowest BCUT2D eigenvalue weighted by Crippen LogP contribution is -2.48. The minimum Gasteiger partial charge on any atom is -0.394 e. The summed E-state index contributed by atoms with van der Waals surface area (Å²) < 4.78 is 26.0. The van der Waals surface area contributed by atoms with Gasteiger partial charge in [-0.3, -0.25) is 0 Å². The first kappa shape index (κ1) is 17.0. The molecule has 0 atom stereocenters. The summed E-state index contributed by atoms with van der Waals surface area (Å²) in [6, 6.07) is 6.88. The SMILES string of the molecule is CN(C(C)(C)CO)S(=O)(=O)Cc1ccccc1C(N)=S. The van der Waals surface area contributed by atoms with E-state index in [2.05, 4.69) is 0 Å². The standard InChI is InChI=1S/C13H20N2O3S2/c1-13(2,9-16)15(3)20(17,18)8-10-6-4-5-7-11(10)12(14)19/h4-7,16H,8-9H2,1-3H3,(H2,14,19). The third kappa shape index (κ3) is 3.76. The lowest BCUT2D eigenvalue weighted by molar-refractivity contribution is 0.138. The van der Waals surface area contributed by atoms with Crippen LogP contribution in [-0.4, -0.2) is 42.0 Å². The Labute approximate surface area is 125 Å². The van der Waals surface area contributed by atoms with Crippen molar-refractivity contribution in [3.05, 3.63) is 35.4 Å². The molecular weight excluding hydrogens is 296 g/mol. The minimum atomic E-state index is -3.58. The van der Waals surface area contributed by atoms with Gasteiger partial charge in [0.25, 0.3) is 0 Å². The Bertz CT molecular complexity index is 597. The summed E-state index contributed by atoms with van der Waals surface area (Å²) in [6.45, 7) is 3.05. The van der Waals surface area contributed by atoms with Crippen molar-refractivity contribution in [2.75, 3.05) is 13.7 Å². The molecule has 0 bridgehead atoms. The van der Waals surface area contributed by atoms with Gasteiger partial charge in [-0.05, 0) is 19.4 Å². The molecule has 7 heteroatoms. The number of nitrogens with zero attached hydrogens (tertiary/aromatic N) is 1. The normalized spacial score (nSPS) is 12.7. The summed E-state index contributed by atoms with van der Waals surface area (Å²) in [7, 11) is -2.13. The first-order valence-electron chi connectivity index (χ1n) is 6.07. The second-order valence-electron chi connectivity index (χ2n) is 5.22. The van der Waals surface area contributed by atoms with Crippen LogP contribution in [0.3, 0.4) is 0 Å². The Morgan fingerprint density at radius 1 is 1.40 bits per heavy atom. The highest BCUT2D eigenvalue weighted by Crippen LogP contribution is 2.21. The van der Waals surface area contributed by atoms with Gasteiger partial charge in [0.1, 0.15) is 4.99 Å². The molecule has 112 valence electrons. The predicted molar refractivity (Wildman–Crippen MR) is 83.9 cm³/mol. The van der Waals surface area contributed by atoms with Gasteiger partial charge in [0.2, 0.25) is 10.0 Å². The van der Waals surface area contributed by atoms with Crippen molar-refractivity contribution in [3.8, 4) is 0 Å². The maximum atomic E-state index is 12.4. The number of thiocarbonyl (C=S) groups is 1. The highest BCUT2D eigenvalue weighted by atomic mass is 32.2. The van der Waals surface area contributed by atoms with Crippen LogP contribution in [0.5, 0.6) is 0 Å². The molecule has 0 fully saturated rings. The molecule has 1 aromatic rings. The van der Waals surface area contributed by atoms with Crippen LogP contribution in [0.2, 0.25) is 0 Å². The van der Waals surface area contributed by atoms with Gasteiger partial charge >= 0.3 is 0 Å². The van der Waals surface area contributed by atoms with E-state index in [1.165, 1.54) is 11.4 Å². The predicted octanol–water partition coefficient (Wildman–Crippen LogP) is 0.853. The third-order valence-electron chi connectivity index (χ3n) is 3.28. The van der Waals surface area contributed by atoms with Gasteiger partial charge in [-0.1, -0.05) is 36.5 Å². The molecule has 1 rings (SSSR count). The van der Waals surface area contributed by atoms with Gasteiger partial charge in [-0.15, -0.1) is 0 Å². The van der Waals surface area contributed by atoms with Crippen LogP contribution >= 0.6 is 12.2 Å². The summed E-state index contributed by atoms with van der Waals surface area (Å²) in [5, 5.41) is 9.29. The van der Waals surface area contributed by atoms with E-state index in [-0.39, 0.29) is 17.3 Å². The molecule has 20 heavy (non-hydrogen) atoms. The lowest BCUT2D eigenvalue weighted by Gasteiger charge is -2.33. The average molecular weight is 316 g/mol. The molecule has 0 saturated carbocycles. The molecule has 0 aliphatic carbocycles. The van der Waals surface area contributed by atoms with E-state index in [1.807, 2.05) is 0 Å². The number of hydrogen-bond acceptors (Lipinski definition) is 4. The molecule has 0 saturated heterocycles. The molecule has 0 aliphatic rings. The van der Waals surface area contributed by atoms with Crippen LogP contribution < -0.4 is 5.73 Å². The van der Waals surface area contributed by atoms with Gasteiger partial charge < -0.3 is 10.8 Å². The number of likely N-dealkylation sites (N-methyl/N-ethyl adjacent to an activating group) is 1. The average Bonchev–Trinajstić information content (AvgIpc) is 2.37. The number of aliphatic hydroxyl groups excluding tert-OH is 1. The highest BCUT2D eigenvalue weighted by Gasteiger charge is 2.32. The van der Waals surface area contributed by atoms with Crippen LogP contribution in [0.4, 0.5) is 0 Å². The van der Waals surface area contributed by atoms with Gasteiger partial charge in [0.15, 0.2) is 0 Å². The fraction of sp³-hybridized carbons (Fsp3) is 0.462. The zero-order chi connectivity index (χ0) is 15.6. The van der Waals surface area contributed by atoms with Crippen LogP contribution in [-0.2, 0) is 15.8 Å². The third-order valence-corrected chi connectivity index (χ3v) is 5.50. The van der Waals surface area contributed by atoms with E-state index in [0.717, 1.165) is 0 Å². The summed E-state index contributed by atoms with van der Waals surface area (Å²) >= 11 is 4.93. The number of nitrogens with two attached hydrogens (primary N) is 1. The Morgan fingerprint density at radius 2 is 1.95 bits per heavy atom. The quantitative estimate of drug-likeness (QED) is 0.760. The Morgan fingerprint density at radius 3 is 2.45 bits per heavy atom. The van der Waals surface area contributed by atoms with Gasteiger partial charge in [-0.25, -0.2) is 8.42 Å². The first-order chi connectivity index (χ1) is 9.12. The Hall–Kier alpha value is -1.02. The summed E-state index contributed by atoms with van der Waals surface area (Å²) in [5.41, 5.74) is 5.85. The Kier molecular flexibility index (Phi) is 5.26. The number of hydrogen-bond donors (Lipinski definition) is 2. The zero-order valence-electron chi connectivity index (χ0n) is 11.8. The van der Waals surface area contributed by atoms with Crippen LogP contribution in [0.25, 0.3) is 0 Å². The molecule has 5 nitrogen and oxygen atoms in total. The molecule has 0 unspecified atom stereocenters. The van der Waals surface area contributed by atoms with Crippen LogP contribution in [0, 0.1) is 0 Å². The van der Waals surface area contributed by atoms with Crippen LogP contribution in [0.1, 0.15) is 25.0 Å². The molecule has 0 heterocycles. The van der Waals surface area contributed by atoms with Crippen molar-refractivity contribution in [2.24, 2.45) is 5.73 Å². The number of benzene rings is 1. The van der Waals surface area contributed by atoms with E-state index in [9.17, 15) is 13.5 Å². The van der Waals surface area contributed by atoms with Crippen molar-refractivity contribution >= 4 is 27.2 Å². The summed E-state index contributed by atoms with van der Waals surface area (Å²) in [4.78, 5) is 0.167. The summed E-state index contributed by atoms with van der Waals surface area (Å²) in [6.07, 6.45) is 0. The van der Waals surface area contributed by atoms with Crippen LogP contribution in [0.15, 0.2) is 24.3 Å². The van der Waals surface area contributed by atoms with E-state index >= 15 is 0 Å². The van der Waals surface area contributed by atoms with Crippen molar-refractivity contribution < 1.29 is 13.5 Å². The maximum Gasteiger partial charge on any atom is 0.218 e. The van der Waals surface area contributed by atoms with Gasteiger partial charge in [0.05, 0.1) is 17.9 Å². The van der Waals surface area contributed by atoms with Gasteiger partial charge in [0, 0.05) is 12.6 Å². The van der Waals surface area contributed by atoms with E-state index in [0.29, 0.717) is 11.1 Å². The molecule has 0 aliphatic heterocycles. The molecule has 1 aromatic carbocycles. The fourth-order valence-corrected chi connectivity index (χ4v) is 3.50. The molecule has 0 radical (unpaired) electrons. The minimum absolute atomic E-state index is 0.167.